The minimum atomic E-state index is -3.65. The van der Waals surface area contributed by atoms with Crippen LogP contribution in [-0.2, 0) is 29.4 Å². The van der Waals surface area contributed by atoms with E-state index >= 15 is 0 Å². The molecular formula is C28H29N3O3S. The molecule has 0 saturated carbocycles. The Bertz CT molecular complexity index is 1340. The van der Waals surface area contributed by atoms with Gasteiger partial charge in [-0.3, -0.25) is 9.40 Å². The van der Waals surface area contributed by atoms with Gasteiger partial charge in [-0.05, 0) is 53.8 Å². The van der Waals surface area contributed by atoms with Gasteiger partial charge in [0, 0.05) is 24.5 Å². The molecule has 1 aromatic heterocycles. The average molecular weight is 488 g/mol. The number of benzene rings is 3. The van der Waals surface area contributed by atoms with Gasteiger partial charge in [-0.2, -0.15) is 5.10 Å². The number of rotatable bonds is 12. The molecule has 0 aliphatic carbocycles. The second-order valence-electron chi connectivity index (χ2n) is 8.25. The highest BCUT2D eigenvalue weighted by Gasteiger charge is 2.15. The molecule has 0 radical (unpaired) electrons. The predicted octanol–water partition coefficient (Wildman–Crippen LogP) is 4.98. The number of nitrogens with one attached hydrogen (secondary N) is 1. The van der Waals surface area contributed by atoms with Gasteiger partial charge in [0.1, 0.15) is 5.75 Å². The van der Waals surface area contributed by atoms with E-state index in [0.29, 0.717) is 31.7 Å². The lowest BCUT2D eigenvalue weighted by atomic mass is 10.0. The third-order valence-corrected chi connectivity index (χ3v) is 7.00. The fraction of sp³-hybridized carbons (Fsp3) is 0.179. The standard InChI is InChI=1S/C28H29N3O3S/c1-23(30-35(32,33)27-11-6-3-7-12-27)13-15-26-16-14-25(22-31-19-8-18-29-31)21-28(26)34-20-17-24-9-4-2-5-10-24/h2-12,14,16,18-19,21,30H,1,13,15,17,20,22H2. The van der Waals surface area contributed by atoms with Gasteiger partial charge in [0.05, 0.1) is 18.0 Å². The first-order chi connectivity index (χ1) is 17.0. The molecule has 4 aromatic rings. The Morgan fingerprint density at radius 1 is 0.914 bits per heavy atom. The number of sulfonamides is 1. The molecule has 7 heteroatoms. The zero-order valence-electron chi connectivity index (χ0n) is 19.5. The van der Waals surface area contributed by atoms with Crippen molar-refractivity contribution in [2.75, 3.05) is 6.61 Å². The number of allylic oxidation sites excluding steroid dienone is 1. The molecular weight excluding hydrogens is 458 g/mol. The molecule has 1 heterocycles. The first kappa shape index (κ1) is 24.3. The van der Waals surface area contributed by atoms with Gasteiger partial charge >= 0.3 is 0 Å². The lowest BCUT2D eigenvalue weighted by Crippen LogP contribution is -2.23. The zero-order chi connectivity index (χ0) is 24.5. The van der Waals surface area contributed by atoms with Crippen molar-refractivity contribution in [2.24, 2.45) is 0 Å². The van der Waals surface area contributed by atoms with Gasteiger partial charge in [-0.15, -0.1) is 0 Å². The molecule has 0 fully saturated rings. The SMILES string of the molecule is C=C(CCc1ccc(Cn2cccn2)cc1OCCc1ccccc1)NS(=O)(=O)c1ccccc1. The fourth-order valence-corrected chi connectivity index (χ4v) is 4.84. The minimum absolute atomic E-state index is 0.217. The summed E-state index contributed by atoms with van der Waals surface area (Å²) < 4.78 is 35.8. The predicted molar refractivity (Wildman–Crippen MR) is 138 cm³/mol. The van der Waals surface area contributed by atoms with Crippen molar-refractivity contribution in [1.29, 1.82) is 0 Å². The van der Waals surface area contributed by atoms with E-state index in [9.17, 15) is 8.42 Å². The average Bonchev–Trinajstić information content (AvgIpc) is 3.37. The highest BCUT2D eigenvalue weighted by molar-refractivity contribution is 7.89. The third kappa shape index (κ3) is 7.07. The summed E-state index contributed by atoms with van der Waals surface area (Å²) in [6.45, 7) is 5.13. The van der Waals surface area contributed by atoms with Crippen molar-refractivity contribution < 1.29 is 13.2 Å². The molecule has 0 amide bonds. The summed E-state index contributed by atoms with van der Waals surface area (Å²) in [6.07, 6.45) is 5.53. The van der Waals surface area contributed by atoms with Crippen LogP contribution in [0.25, 0.3) is 0 Å². The van der Waals surface area contributed by atoms with Crippen LogP contribution in [0.3, 0.4) is 0 Å². The Balaban J connectivity index is 1.43. The van der Waals surface area contributed by atoms with Gasteiger partial charge < -0.3 is 4.74 Å². The molecule has 35 heavy (non-hydrogen) atoms. The summed E-state index contributed by atoms with van der Waals surface area (Å²) in [6, 6.07) is 26.5. The van der Waals surface area contributed by atoms with Gasteiger partial charge in [-0.25, -0.2) is 8.42 Å². The van der Waals surface area contributed by atoms with E-state index in [1.807, 2.05) is 47.3 Å². The third-order valence-electron chi connectivity index (χ3n) is 5.55. The van der Waals surface area contributed by atoms with E-state index < -0.39 is 10.0 Å². The first-order valence-corrected chi connectivity index (χ1v) is 13.0. The van der Waals surface area contributed by atoms with Crippen LogP contribution in [0.15, 0.2) is 114 Å². The molecule has 180 valence electrons. The maximum atomic E-state index is 12.6. The van der Waals surface area contributed by atoms with Crippen LogP contribution in [0.4, 0.5) is 0 Å². The second kappa shape index (κ2) is 11.5. The summed E-state index contributed by atoms with van der Waals surface area (Å²) in [5.41, 5.74) is 3.73. The molecule has 0 aliphatic heterocycles. The fourth-order valence-electron chi connectivity index (χ4n) is 3.73. The van der Waals surface area contributed by atoms with Gasteiger partial charge in [0.2, 0.25) is 0 Å². The van der Waals surface area contributed by atoms with Crippen molar-refractivity contribution in [2.45, 2.75) is 30.7 Å². The summed E-state index contributed by atoms with van der Waals surface area (Å²) in [5.74, 6) is 0.796. The topological polar surface area (TPSA) is 73.2 Å². The zero-order valence-corrected chi connectivity index (χ0v) is 20.3. The normalized spacial score (nSPS) is 11.2. The Labute approximate surface area is 206 Å². The maximum Gasteiger partial charge on any atom is 0.261 e. The van der Waals surface area contributed by atoms with Crippen LogP contribution in [0, 0.1) is 0 Å². The van der Waals surface area contributed by atoms with E-state index in [-0.39, 0.29) is 4.90 Å². The van der Waals surface area contributed by atoms with Gasteiger partial charge in [0.25, 0.3) is 10.0 Å². The second-order valence-corrected chi connectivity index (χ2v) is 9.93. The van der Waals surface area contributed by atoms with E-state index in [4.69, 9.17) is 4.74 Å². The smallest absolute Gasteiger partial charge is 0.261 e. The molecule has 0 aliphatic rings. The van der Waals surface area contributed by atoms with Crippen LogP contribution in [0.5, 0.6) is 5.75 Å². The number of nitrogens with zero attached hydrogens (tertiary/aromatic N) is 2. The number of hydrogen-bond donors (Lipinski definition) is 1. The van der Waals surface area contributed by atoms with Crippen LogP contribution >= 0.6 is 0 Å². The monoisotopic (exact) mass is 487 g/mol. The Hall–Kier alpha value is -3.84. The number of ether oxygens (including phenoxy) is 1. The van der Waals surface area contributed by atoms with E-state index in [2.05, 4.69) is 34.6 Å². The molecule has 3 aromatic carbocycles. The number of aryl methyl sites for hydroxylation is 1. The number of aromatic nitrogens is 2. The maximum absolute atomic E-state index is 12.6. The molecule has 0 atom stereocenters. The summed E-state index contributed by atoms with van der Waals surface area (Å²) in [4.78, 5) is 0.217. The molecule has 4 rings (SSSR count). The molecule has 0 unspecified atom stereocenters. The van der Waals surface area contributed by atoms with E-state index in [0.717, 1.165) is 23.3 Å². The largest absolute Gasteiger partial charge is 0.493 e. The van der Waals surface area contributed by atoms with Crippen molar-refractivity contribution in [3.8, 4) is 5.75 Å². The van der Waals surface area contributed by atoms with Crippen molar-refractivity contribution >= 4 is 10.0 Å². The van der Waals surface area contributed by atoms with Gasteiger partial charge in [0.15, 0.2) is 0 Å². The van der Waals surface area contributed by atoms with Crippen molar-refractivity contribution in [1.82, 2.24) is 14.5 Å². The molecule has 6 nitrogen and oxygen atoms in total. The summed E-state index contributed by atoms with van der Waals surface area (Å²) >= 11 is 0. The quantitative estimate of drug-likeness (QED) is 0.306. The summed E-state index contributed by atoms with van der Waals surface area (Å²) in [5, 5.41) is 4.28. The molecule has 1 N–H and O–H groups in total. The van der Waals surface area contributed by atoms with Gasteiger partial charge in [-0.1, -0.05) is 67.2 Å². The molecule has 0 bridgehead atoms. The van der Waals surface area contributed by atoms with E-state index in [1.54, 1.807) is 36.5 Å². The van der Waals surface area contributed by atoms with E-state index in [1.165, 1.54) is 5.56 Å². The highest BCUT2D eigenvalue weighted by atomic mass is 32.2. The Morgan fingerprint density at radius 3 is 2.37 bits per heavy atom. The van der Waals surface area contributed by atoms with Crippen LogP contribution in [0.1, 0.15) is 23.1 Å². The Kier molecular flexibility index (Phi) is 8.00. The van der Waals surface area contributed by atoms with Crippen molar-refractivity contribution in [3.05, 3.63) is 126 Å². The number of hydrogen-bond acceptors (Lipinski definition) is 4. The molecule has 0 spiro atoms. The molecule has 0 saturated heterocycles. The van der Waals surface area contributed by atoms with Crippen LogP contribution in [0.2, 0.25) is 0 Å². The van der Waals surface area contributed by atoms with Crippen LogP contribution < -0.4 is 9.46 Å². The lowest BCUT2D eigenvalue weighted by molar-refractivity contribution is 0.318. The van der Waals surface area contributed by atoms with Crippen molar-refractivity contribution in [3.63, 3.8) is 0 Å². The van der Waals surface area contributed by atoms with Crippen LogP contribution in [-0.4, -0.2) is 24.8 Å². The minimum Gasteiger partial charge on any atom is -0.493 e. The Morgan fingerprint density at radius 2 is 1.66 bits per heavy atom. The first-order valence-electron chi connectivity index (χ1n) is 11.5. The lowest BCUT2D eigenvalue weighted by Gasteiger charge is -2.15. The summed E-state index contributed by atoms with van der Waals surface area (Å²) in [7, 11) is -3.65. The highest BCUT2D eigenvalue weighted by Crippen LogP contribution is 2.24.